The Balaban J connectivity index is 2.08. The average molecular weight is 293 g/mol. The molecule has 2 aromatic rings. The maximum absolute atomic E-state index is 5.92. The van der Waals surface area contributed by atoms with Crippen LogP contribution in [-0.2, 0) is 11.3 Å². The van der Waals surface area contributed by atoms with Crippen molar-refractivity contribution in [2.24, 2.45) is 5.73 Å². The highest BCUT2D eigenvalue weighted by Crippen LogP contribution is 2.22. The minimum absolute atomic E-state index is 0.505. The van der Waals surface area contributed by atoms with Crippen molar-refractivity contribution in [3.05, 3.63) is 28.7 Å². The minimum atomic E-state index is -0.597. The van der Waals surface area contributed by atoms with Gasteiger partial charge >= 0.3 is 0 Å². The van der Waals surface area contributed by atoms with Crippen LogP contribution in [0.1, 0.15) is 42.5 Å². The Labute approximate surface area is 122 Å². The molecule has 0 spiro atoms. The van der Waals surface area contributed by atoms with Gasteiger partial charge in [-0.05, 0) is 40.2 Å². The van der Waals surface area contributed by atoms with Gasteiger partial charge in [-0.15, -0.1) is 0 Å². The zero-order valence-electron chi connectivity index (χ0n) is 12.4. The second-order valence-electron chi connectivity index (χ2n) is 5.32. The molecule has 2 heterocycles. The molecule has 0 saturated heterocycles. The van der Waals surface area contributed by atoms with E-state index in [0.29, 0.717) is 17.5 Å². The maximum atomic E-state index is 5.92. The molecule has 0 aliphatic rings. The zero-order valence-corrected chi connectivity index (χ0v) is 13.2. The zero-order chi connectivity index (χ0) is 14.9. The van der Waals surface area contributed by atoms with E-state index in [2.05, 4.69) is 20.1 Å². The summed E-state index contributed by atoms with van der Waals surface area (Å²) in [6.07, 6.45) is 0. The number of thioether (sulfide) groups is 1. The minimum Gasteiger partial charge on any atom is -0.338 e. The van der Waals surface area contributed by atoms with Crippen molar-refractivity contribution < 1.29 is 4.52 Å². The van der Waals surface area contributed by atoms with E-state index in [1.807, 2.05) is 34.6 Å². The van der Waals surface area contributed by atoms with Gasteiger partial charge in [0.25, 0.3) is 0 Å². The summed E-state index contributed by atoms with van der Waals surface area (Å²) in [5.41, 5.74) is 8.43. The molecule has 20 heavy (non-hydrogen) atoms. The van der Waals surface area contributed by atoms with Crippen LogP contribution in [0.15, 0.2) is 9.68 Å². The molecule has 7 heteroatoms. The van der Waals surface area contributed by atoms with Gasteiger partial charge in [0.1, 0.15) is 0 Å². The van der Waals surface area contributed by atoms with Gasteiger partial charge in [0.2, 0.25) is 5.89 Å². The largest absolute Gasteiger partial charge is 0.338 e. The number of rotatable bonds is 4. The van der Waals surface area contributed by atoms with Crippen LogP contribution in [0.25, 0.3) is 0 Å². The van der Waals surface area contributed by atoms with Crippen molar-refractivity contribution in [2.45, 2.75) is 51.1 Å². The second kappa shape index (κ2) is 5.49. The number of aryl methyl sites for hydroxylation is 2. The third-order valence-electron chi connectivity index (χ3n) is 2.98. The Bertz CT molecular complexity index is 594. The maximum Gasteiger partial charge on any atom is 0.237 e. The molecule has 2 aromatic heterocycles. The van der Waals surface area contributed by atoms with Crippen molar-refractivity contribution in [2.75, 3.05) is 0 Å². The van der Waals surface area contributed by atoms with Crippen molar-refractivity contribution >= 4 is 11.8 Å². The molecule has 0 aliphatic heterocycles. The molecule has 0 fully saturated rings. The summed E-state index contributed by atoms with van der Waals surface area (Å²) in [4.78, 5) is 13.2. The van der Waals surface area contributed by atoms with Gasteiger partial charge in [-0.3, -0.25) is 0 Å². The first-order chi connectivity index (χ1) is 9.27. The Morgan fingerprint density at radius 1 is 1.10 bits per heavy atom. The van der Waals surface area contributed by atoms with Gasteiger partial charge in [-0.1, -0.05) is 16.9 Å². The summed E-state index contributed by atoms with van der Waals surface area (Å²) < 4.78 is 5.18. The van der Waals surface area contributed by atoms with Crippen LogP contribution >= 0.6 is 11.8 Å². The highest BCUT2D eigenvalue weighted by atomic mass is 32.2. The average Bonchev–Trinajstić information content (AvgIpc) is 2.82. The molecule has 2 rings (SSSR count). The standard InChI is InChI=1S/C13H19N5OS/c1-7-8(2)15-12(16-9(7)3)20-6-10-17-11(18-19-10)13(4,5)14/h6,14H2,1-5H3. The predicted octanol–water partition coefficient (Wildman–Crippen LogP) is 2.27. The van der Waals surface area contributed by atoms with Gasteiger partial charge in [0.05, 0.1) is 11.3 Å². The van der Waals surface area contributed by atoms with Crippen LogP contribution < -0.4 is 5.73 Å². The fraction of sp³-hybridized carbons (Fsp3) is 0.538. The second-order valence-corrected chi connectivity index (χ2v) is 6.27. The fourth-order valence-electron chi connectivity index (χ4n) is 1.51. The van der Waals surface area contributed by atoms with E-state index in [1.54, 1.807) is 0 Å². The van der Waals surface area contributed by atoms with Gasteiger partial charge in [0.15, 0.2) is 11.0 Å². The quantitative estimate of drug-likeness (QED) is 0.683. The Morgan fingerprint density at radius 2 is 1.70 bits per heavy atom. The number of hydrogen-bond donors (Lipinski definition) is 1. The third kappa shape index (κ3) is 3.34. The smallest absolute Gasteiger partial charge is 0.237 e. The molecule has 0 atom stereocenters. The van der Waals surface area contributed by atoms with Crippen molar-refractivity contribution in [1.29, 1.82) is 0 Å². The lowest BCUT2D eigenvalue weighted by molar-refractivity contribution is 0.369. The number of aromatic nitrogens is 4. The monoisotopic (exact) mass is 293 g/mol. The van der Waals surface area contributed by atoms with E-state index in [9.17, 15) is 0 Å². The third-order valence-corrected chi connectivity index (χ3v) is 3.81. The van der Waals surface area contributed by atoms with E-state index >= 15 is 0 Å². The predicted molar refractivity (Wildman–Crippen MR) is 77.3 cm³/mol. The molecule has 0 aliphatic carbocycles. The highest BCUT2D eigenvalue weighted by Gasteiger charge is 2.21. The molecule has 0 amide bonds. The summed E-state index contributed by atoms with van der Waals surface area (Å²) in [7, 11) is 0. The lowest BCUT2D eigenvalue weighted by Crippen LogP contribution is -2.30. The van der Waals surface area contributed by atoms with E-state index in [1.165, 1.54) is 11.8 Å². The normalized spacial score (nSPS) is 11.9. The molecular formula is C13H19N5OS. The first kappa shape index (κ1) is 14.9. The summed E-state index contributed by atoms with van der Waals surface area (Å²) in [6.45, 7) is 9.66. The van der Waals surface area contributed by atoms with E-state index < -0.39 is 5.54 Å². The molecule has 2 N–H and O–H groups in total. The van der Waals surface area contributed by atoms with Crippen LogP contribution in [0.2, 0.25) is 0 Å². The Morgan fingerprint density at radius 3 is 2.20 bits per heavy atom. The van der Waals surface area contributed by atoms with E-state index in [0.717, 1.165) is 22.1 Å². The van der Waals surface area contributed by atoms with Gasteiger partial charge in [0, 0.05) is 11.4 Å². The SMILES string of the molecule is Cc1nc(SCc2nc(C(C)(C)N)no2)nc(C)c1C. The summed E-state index contributed by atoms with van der Waals surface area (Å²) >= 11 is 1.48. The Hall–Kier alpha value is -1.47. The molecule has 0 saturated carbocycles. The molecule has 0 unspecified atom stereocenters. The molecule has 0 bridgehead atoms. The van der Waals surface area contributed by atoms with Crippen molar-refractivity contribution in [3.8, 4) is 0 Å². The molecule has 108 valence electrons. The van der Waals surface area contributed by atoms with Crippen LogP contribution in [0.4, 0.5) is 0 Å². The lowest BCUT2D eigenvalue weighted by Gasteiger charge is -2.11. The summed E-state index contributed by atoms with van der Waals surface area (Å²) in [6, 6.07) is 0. The molecule has 0 aromatic carbocycles. The Kier molecular flexibility index (Phi) is 4.10. The first-order valence-corrected chi connectivity index (χ1v) is 7.32. The number of nitrogens with zero attached hydrogens (tertiary/aromatic N) is 4. The molecular weight excluding hydrogens is 274 g/mol. The van der Waals surface area contributed by atoms with E-state index in [4.69, 9.17) is 10.3 Å². The fourth-order valence-corrected chi connectivity index (χ4v) is 2.28. The van der Waals surface area contributed by atoms with E-state index in [-0.39, 0.29) is 0 Å². The van der Waals surface area contributed by atoms with Crippen molar-refractivity contribution in [1.82, 2.24) is 20.1 Å². The van der Waals surface area contributed by atoms with Crippen molar-refractivity contribution in [3.63, 3.8) is 0 Å². The van der Waals surface area contributed by atoms with Gasteiger partial charge in [-0.25, -0.2) is 9.97 Å². The number of nitrogens with two attached hydrogens (primary N) is 1. The summed E-state index contributed by atoms with van der Waals surface area (Å²) in [5.74, 6) is 1.57. The summed E-state index contributed by atoms with van der Waals surface area (Å²) in [5, 5.41) is 4.60. The highest BCUT2D eigenvalue weighted by molar-refractivity contribution is 7.98. The van der Waals surface area contributed by atoms with Gasteiger partial charge < -0.3 is 10.3 Å². The lowest BCUT2D eigenvalue weighted by atomic mass is 10.1. The van der Waals surface area contributed by atoms with Crippen LogP contribution in [-0.4, -0.2) is 20.1 Å². The molecule has 0 radical (unpaired) electrons. The van der Waals surface area contributed by atoms with Crippen LogP contribution in [0.3, 0.4) is 0 Å². The topological polar surface area (TPSA) is 90.7 Å². The first-order valence-electron chi connectivity index (χ1n) is 6.34. The van der Waals surface area contributed by atoms with Gasteiger partial charge in [-0.2, -0.15) is 4.98 Å². The van der Waals surface area contributed by atoms with Crippen LogP contribution in [0, 0.1) is 20.8 Å². The molecule has 6 nitrogen and oxygen atoms in total. The van der Waals surface area contributed by atoms with Crippen LogP contribution in [0.5, 0.6) is 0 Å². The number of hydrogen-bond acceptors (Lipinski definition) is 7.